The first-order valence-corrected chi connectivity index (χ1v) is 8.94. The van der Waals surface area contributed by atoms with Crippen LogP contribution in [0.4, 0.5) is 0 Å². The summed E-state index contributed by atoms with van der Waals surface area (Å²) >= 11 is 0. The van der Waals surface area contributed by atoms with E-state index in [-0.39, 0.29) is 24.4 Å². The predicted octanol–water partition coefficient (Wildman–Crippen LogP) is 0.684. The number of carbonyl (C=O) groups excluding carboxylic acids is 2. The number of fused-ring (bicyclic) bond motifs is 1. The second kappa shape index (κ2) is 7.45. The third-order valence-corrected chi connectivity index (χ3v) is 5.39. The molecule has 1 aromatic carbocycles. The van der Waals surface area contributed by atoms with Gasteiger partial charge in [-0.1, -0.05) is 18.2 Å². The number of nitrogens with zero attached hydrogens (tertiary/aromatic N) is 3. The third kappa shape index (κ3) is 3.72. The molecule has 2 atom stereocenters. The van der Waals surface area contributed by atoms with Crippen molar-refractivity contribution in [3.63, 3.8) is 0 Å². The summed E-state index contributed by atoms with van der Waals surface area (Å²) in [6, 6.07) is 7.48. The van der Waals surface area contributed by atoms with Crippen LogP contribution in [0.3, 0.4) is 0 Å². The van der Waals surface area contributed by atoms with Crippen LogP contribution in [-0.2, 0) is 9.59 Å². The molecule has 7 heteroatoms. The van der Waals surface area contributed by atoms with E-state index in [0.717, 1.165) is 5.56 Å². The minimum atomic E-state index is -0.879. The van der Waals surface area contributed by atoms with Gasteiger partial charge < -0.3 is 14.9 Å². The van der Waals surface area contributed by atoms with Crippen molar-refractivity contribution in [2.45, 2.75) is 19.9 Å². The SMILES string of the molecule is CC(=O)N1C[C@@H](C(=O)O)CN2CCN(C(=O)c3ccccc3C)C[C@@H]2C1. The molecule has 1 N–H and O–H groups in total. The molecule has 0 saturated carbocycles. The van der Waals surface area contributed by atoms with Crippen LogP contribution in [0.25, 0.3) is 0 Å². The molecular formula is C19H25N3O4. The van der Waals surface area contributed by atoms with E-state index in [0.29, 0.717) is 38.3 Å². The number of aryl methyl sites for hydroxylation is 1. The molecule has 0 radical (unpaired) electrons. The summed E-state index contributed by atoms with van der Waals surface area (Å²) in [6.07, 6.45) is 0. The molecular weight excluding hydrogens is 334 g/mol. The zero-order valence-electron chi connectivity index (χ0n) is 15.2. The molecule has 2 saturated heterocycles. The zero-order valence-corrected chi connectivity index (χ0v) is 15.2. The maximum atomic E-state index is 12.9. The zero-order chi connectivity index (χ0) is 18.8. The van der Waals surface area contributed by atoms with Gasteiger partial charge in [0.25, 0.3) is 5.91 Å². The highest BCUT2D eigenvalue weighted by atomic mass is 16.4. The van der Waals surface area contributed by atoms with Crippen molar-refractivity contribution in [3.05, 3.63) is 35.4 Å². The highest BCUT2D eigenvalue weighted by Gasteiger charge is 2.38. The average molecular weight is 359 g/mol. The second-order valence-corrected chi connectivity index (χ2v) is 7.17. The maximum absolute atomic E-state index is 12.9. The summed E-state index contributed by atoms with van der Waals surface area (Å²) in [6.45, 7) is 6.17. The van der Waals surface area contributed by atoms with Gasteiger partial charge in [-0.05, 0) is 18.6 Å². The van der Waals surface area contributed by atoms with Crippen LogP contribution in [0.5, 0.6) is 0 Å². The molecule has 26 heavy (non-hydrogen) atoms. The summed E-state index contributed by atoms with van der Waals surface area (Å²) in [7, 11) is 0. The van der Waals surface area contributed by atoms with Gasteiger partial charge >= 0.3 is 5.97 Å². The van der Waals surface area contributed by atoms with Gasteiger partial charge in [-0.25, -0.2) is 0 Å². The van der Waals surface area contributed by atoms with E-state index in [9.17, 15) is 19.5 Å². The highest BCUT2D eigenvalue weighted by molar-refractivity contribution is 5.95. The number of benzene rings is 1. The number of rotatable bonds is 2. The lowest BCUT2D eigenvalue weighted by atomic mass is 10.1. The Bertz CT molecular complexity index is 720. The van der Waals surface area contributed by atoms with Crippen molar-refractivity contribution in [1.29, 1.82) is 0 Å². The number of carbonyl (C=O) groups is 3. The summed E-state index contributed by atoms with van der Waals surface area (Å²) < 4.78 is 0. The lowest BCUT2D eigenvalue weighted by molar-refractivity contribution is -0.143. The van der Waals surface area contributed by atoms with Crippen molar-refractivity contribution in [1.82, 2.24) is 14.7 Å². The average Bonchev–Trinajstić information content (AvgIpc) is 2.80. The smallest absolute Gasteiger partial charge is 0.309 e. The number of piperazine rings is 1. The van der Waals surface area contributed by atoms with Gasteiger partial charge in [-0.2, -0.15) is 0 Å². The van der Waals surface area contributed by atoms with E-state index < -0.39 is 11.9 Å². The molecule has 3 rings (SSSR count). The Labute approximate surface area is 153 Å². The molecule has 0 aromatic heterocycles. The lowest BCUT2D eigenvalue weighted by Crippen LogP contribution is -2.57. The topological polar surface area (TPSA) is 81.2 Å². The normalized spacial score (nSPS) is 23.9. The molecule has 0 aliphatic carbocycles. The van der Waals surface area contributed by atoms with Crippen LogP contribution in [0.15, 0.2) is 24.3 Å². The van der Waals surface area contributed by atoms with Crippen molar-refractivity contribution in [3.8, 4) is 0 Å². The van der Waals surface area contributed by atoms with E-state index in [1.165, 1.54) is 6.92 Å². The first kappa shape index (κ1) is 18.4. The maximum Gasteiger partial charge on any atom is 0.309 e. The number of amides is 2. The Morgan fingerprint density at radius 3 is 2.35 bits per heavy atom. The van der Waals surface area contributed by atoms with Gasteiger partial charge in [0, 0.05) is 57.8 Å². The number of carboxylic acid groups (broad SMARTS) is 1. The Hall–Kier alpha value is -2.41. The van der Waals surface area contributed by atoms with Crippen LogP contribution in [0.1, 0.15) is 22.8 Å². The van der Waals surface area contributed by atoms with Gasteiger partial charge in [0.2, 0.25) is 5.91 Å². The molecule has 2 fully saturated rings. The molecule has 2 aliphatic heterocycles. The van der Waals surface area contributed by atoms with Gasteiger partial charge in [0.15, 0.2) is 0 Å². The van der Waals surface area contributed by atoms with E-state index in [2.05, 4.69) is 4.90 Å². The molecule has 0 spiro atoms. The lowest BCUT2D eigenvalue weighted by Gasteiger charge is -2.41. The molecule has 2 amide bonds. The van der Waals surface area contributed by atoms with Crippen LogP contribution in [0, 0.1) is 12.8 Å². The Kier molecular flexibility index (Phi) is 5.27. The Morgan fingerprint density at radius 1 is 1.00 bits per heavy atom. The van der Waals surface area contributed by atoms with Gasteiger partial charge in [0.05, 0.1) is 5.92 Å². The van der Waals surface area contributed by atoms with Crippen LogP contribution < -0.4 is 0 Å². The summed E-state index contributed by atoms with van der Waals surface area (Å²) in [5.74, 6) is -1.60. The number of carboxylic acids is 1. The minimum absolute atomic E-state index is 0.00356. The van der Waals surface area contributed by atoms with Crippen molar-refractivity contribution < 1.29 is 19.5 Å². The Balaban J connectivity index is 1.78. The van der Waals surface area contributed by atoms with Gasteiger partial charge in [0.1, 0.15) is 0 Å². The van der Waals surface area contributed by atoms with Crippen molar-refractivity contribution in [2.24, 2.45) is 5.92 Å². The third-order valence-electron chi connectivity index (χ3n) is 5.39. The summed E-state index contributed by atoms with van der Waals surface area (Å²) in [5, 5.41) is 9.44. The molecule has 0 unspecified atom stereocenters. The fraction of sp³-hybridized carbons (Fsp3) is 0.526. The first-order chi connectivity index (χ1) is 12.4. The molecule has 2 heterocycles. The molecule has 140 valence electrons. The molecule has 7 nitrogen and oxygen atoms in total. The van der Waals surface area contributed by atoms with Gasteiger partial charge in [-0.3, -0.25) is 19.3 Å². The van der Waals surface area contributed by atoms with E-state index in [1.54, 1.807) is 4.90 Å². The van der Waals surface area contributed by atoms with E-state index in [4.69, 9.17) is 0 Å². The van der Waals surface area contributed by atoms with E-state index in [1.807, 2.05) is 36.1 Å². The van der Waals surface area contributed by atoms with E-state index >= 15 is 0 Å². The van der Waals surface area contributed by atoms with Crippen LogP contribution in [0.2, 0.25) is 0 Å². The molecule has 1 aromatic rings. The summed E-state index contributed by atoms with van der Waals surface area (Å²) in [4.78, 5) is 41.9. The second-order valence-electron chi connectivity index (χ2n) is 7.17. The van der Waals surface area contributed by atoms with Crippen molar-refractivity contribution >= 4 is 17.8 Å². The fourth-order valence-corrected chi connectivity index (χ4v) is 3.82. The standard InChI is InChI=1S/C19H25N3O4/c1-13-5-3-4-6-17(13)18(24)21-8-7-20-9-15(19(25)26)10-22(14(2)23)12-16(20)11-21/h3-6,15-16H,7-12H2,1-2H3,(H,25,26)/t15-,16+/m0/s1. The van der Waals surface area contributed by atoms with Crippen LogP contribution in [-0.4, -0.2) is 82.9 Å². The van der Waals surface area contributed by atoms with Crippen molar-refractivity contribution in [2.75, 3.05) is 39.3 Å². The largest absolute Gasteiger partial charge is 0.481 e. The number of hydrogen-bond donors (Lipinski definition) is 1. The number of aliphatic carboxylic acids is 1. The minimum Gasteiger partial charge on any atom is -0.481 e. The monoisotopic (exact) mass is 359 g/mol. The molecule has 2 aliphatic rings. The van der Waals surface area contributed by atoms with Gasteiger partial charge in [-0.15, -0.1) is 0 Å². The molecule has 0 bridgehead atoms. The Morgan fingerprint density at radius 2 is 1.69 bits per heavy atom. The first-order valence-electron chi connectivity index (χ1n) is 8.94. The highest BCUT2D eigenvalue weighted by Crippen LogP contribution is 2.21. The quantitative estimate of drug-likeness (QED) is 0.840. The summed E-state index contributed by atoms with van der Waals surface area (Å²) in [5.41, 5.74) is 1.64. The van der Waals surface area contributed by atoms with Crippen LogP contribution >= 0.6 is 0 Å². The fourth-order valence-electron chi connectivity index (χ4n) is 3.82. The number of hydrogen-bond acceptors (Lipinski definition) is 4. The predicted molar refractivity (Wildman–Crippen MR) is 95.8 cm³/mol.